The van der Waals surface area contributed by atoms with E-state index in [-0.39, 0.29) is 42.6 Å². The van der Waals surface area contributed by atoms with Crippen molar-refractivity contribution in [2.75, 3.05) is 38.9 Å². The third-order valence-electron chi connectivity index (χ3n) is 6.18. The number of hydrogen-bond donors (Lipinski definition) is 1. The van der Waals surface area contributed by atoms with E-state index < -0.39 is 53.1 Å². The number of carbonyl (C=O) groups is 2. The molecule has 218 valence electrons. The fraction of sp³-hybridized carbons (Fsp3) is 0.296. The Kier molecular flexibility index (Phi) is 8.91. The molecule has 1 fully saturated rings. The summed E-state index contributed by atoms with van der Waals surface area (Å²) < 4.78 is 87.1. The number of methoxy groups -OCH3 is 2. The molecule has 1 N–H and O–H groups in total. The van der Waals surface area contributed by atoms with Crippen molar-refractivity contribution in [3.63, 3.8) is 0 Å². The number of pyridine rings is 1. The first-order valence-electron chi connectivity index (χ1n) is 12.1. The summed E-state index contributed by atoms with van der Waals surface area (Å²) in [4.78, 5) is 32.1. The van der Waals surface area contributed by atoms with Gasteiger partial charge in [-0.25, -0.2) is 13.8 Å². The lowest BCUT2D eigenvalue weighted by Crippen LogP contribution is -2.44. The van der Waals surface area contributed by atoms with E-state index in [1.54, 1.807) is 0 Å². The maximum atomic E-state index is 15.2. The number of halogens is 5. The molecule has 1 aliphatic rings. The molecule has 2 amide bonds. The van der Waals surface area contributed by atoms with Gasteiger partial charge in [-0.1, -0.05) is 0 Å². The fourth-order valence-electron chi connectivity index (χ4n) is 4.36. The molecule has 4 rings (SSSR count). The maximum Gasteiger partial charge on any atom is 0.573 e. The second kappa shape index (κ2) is 12.4. The minimum Gasteiger partial charge on any atom is -0.497 e. The Hall–Kier alpha value is -4.46. The van der Waals surface area contributed by atoms with Crippen LogP contribution in [0.2, 0.25) is 0 Å². The molecular weight excluding hydrogens is 557 g/mol. The third kappa shape index (κ3) is 6.82. The number of anilines is 1. The zero-order valence-electron chi connectivity index (χ0n) is 21.7. The van der Waals surface area contributed by atoms with E-state index >= 15 is 8.78 Å². The Morgan fingerprint density at radius 2 is 1.73 bits per heavy atom. The van der Waals surface area contributed by atoms with Crippen molar-refractivity contribution in [3.05, 3.63) is 77.5 Å². The lowest BCUT2D eigenvalue weighted by molar-refractivity contribution is -0.274. The van der Waals surface area contributed by atoms with Crippen molar-refractivity contribution in [1.29, 1.82) is 0 Å². The second-order valence-corrected chi connectivity index (χ2v) is 8.75. The highest BCUT2D eigenvalue weighted by Crippen LogP contribution is 2.39. The van der Waals surface area contributed by atoms with Gasteiger partial charge in [0.1, 0.15) is 41.5 Å². The topological polar surface area (TPSA) is 99.2 Å². The number of amides is 2. The van der Waals surface area contributed by atoms with Gasteiger partial charge in [-0.05, 0) is 36.4 Å². The van der Waals surface area contributed by atoms with Crippen molar-refractivity contribution in [2.45, 2.75) is 18.3 Å². The number of rotatable bonds is 10. The van der Waals surface area contributed by atoms with Crippen molar-refractivity contribution >= 4 is 17.5 Å². The van der Waals surface area contributed by atoms with Crippen LogP contribution in [0.3, 0.4) is 0 Å². The normalized spacial score (nSPS) is 17.0. The van der Waals surface area contributed by atoms with Gasteiger partial charge in [0.2, 0.25) is 11.8 Å². The van der Waals surface area contributed by atoms with Crippen LogP contribution in [0, 0.1) is 11.6 Å². The minimum atomic E-state index is -4.93. The molecule has 1 aromatic heterocycles. The van der Waals surface area contributed by atoms with Gasteiger partial charge >= 0.3 is 6.36 Å². The van der Waals surface area contributed by atoms with Crippen LogP contribution in [-0.4, -0.2) is 63.2 Å². The van der Waals surface area contributed by atoms with Crippen molar-refractivity contribution < 1.29 is 50.5 Å². The molecule has 1 aliphatic heterocycles. The number of benzene rings is 2. The fourth-order valence-corrected chi connectivity index (χ4v) is 4.36. The molecule has 0 bridgehead atoms. The zero-order chi connectivity index (χ0) is 29.7. The number of ether oxygens (including phenoxy) is 4. The Bertz CT molecular complexity index is 1380. The Morgan fingerprint density at radius 3 is 2.34 bits per heavy atom. The van der Waals surface area contributed by atoms with Crippen LogP contribution in [0.25, 0.3) is 0 Å². The summed E-state index contributed by atoms with van der Waals surface area (Å²) in [7, 11) is 2.70. The molecule has 41 heavy (non-hydrogen) atoms. The standard InChI is InChI=1S/C27H24F5N3O6/c1-38-10-11-40-25-21(4-3-9-33-25)35-14-18(22-19(28)12-17(39-2)13-20(22)29)23(26(35)37)34-24(36)15-5-7-16(8-6-15)41-27(30,31)32/h3-9,12-13,18,23H,10-11,14H2,1-2H3,(H,34,36)/t18-,23?/m0/s1. The van der Waals surface area contributed by atoms with Crippen molar-refractivity contribution in [3.8, 4) is 17.4 Å². The monoisotopic (exact) mass is 581 g/mol. The van der Waals surface area contributed by atoms with Gasteiger partial charge < -0.3 is 29.2 Å². The summed E-state index contributed by atoms with van der Waals surface area (Å²) in [6.07, 6.45) is -3.50. The Morgan fingerprint density at radius 1 is 1.05 bits per heavy atom. The number of aromatic nitrogens is 1. The number of alkyl halides is 3. The third-order valence-corrected chi connectivity index (χ3v) is 6.18. The Balaban J connectivity index is 1.68. The number of carbonyl (C=O) groups excluding carboxylic acids is 2. The van der Waals surface area contributed by atoms with Gasteiger partial charge in [0.05, 0.1) is 13.7 Å². The minimum absolute atomic E-state index is 0.0551. The molecular formula is C27H24F5N3O6. The van der Waals surface area contributed by atoms with Crippen molar-refractivity contribution in [2.24, 2.45) is 0 Å². The zero-order valence-corrected chi connectivity index (χ0v) is 21.7. The van der Waals surface area contributed by atoms with Crippen molar-refractivity contribution in [1.82, 2.24) is 10.3 Å². The smallest absolute Gasteiger partial charge is 0.497 e. The first-order valence-corrected chi connectivity index (χ1v) is 12.1. The van der Waals surface area contributed by atoms with E-state index in [1.807, 2.05) is 0 Å². The highest BCUT2D eigenvalue weighted by molar-refractivity contribution is 6.05. The number of hydrogen-bond acceptors (Lipinski definition) is 7. The van der Waals surface area contributed by atoms with Gasteiger partial charge in [0.15, 0.2) is 0 Å². The van der Waals surface area contributed by atoms with Gasteiger partial charge in [0.25, 0.3) is 5.91 Å². The summed E-state index contributed by atoms with van der Waals surface area (Å²) in [6, 6.07) is 7.44. The van der Waals surface area contributed by atoms with E-state index in [9.17, 15) is 22.8 Å². The van der Waals surface area contributed by atoms with Crippen LogP contribution in [0.4, 0.5) is 27.6 Å². The molecule has 1 saturated heterocycles. The quantitative estimate of drug-likeness (QED) is 0.283. The molecule has 0 aliphatic carbocycles. The molecule has 0 radical (unpaired) electrons. The predicted molar refractivity (Wildman–Crippen MR) is 134 cm³/mol. The first-order chi connectivity index (χ1) is 19.5. The lowest BCUT2D eigenvalue weighted by Gasteiger charge is -2.20. The summed E-state index contributed by atoms with van der Waals surface area (Å²) in [5.41, 5.74) is -0.393. The van der Waals surface area contributed by atoms with Crippen LogP contribution in [-0.2, 0) is 9.53 Å². The second-order valence-electron chi connectivity index (χ2n) is 8.75. The van der Waals surface area contributed by atoms with Gasteiger partial charge in [-0.3, -0.25) is 9.59 Å². The molecule has 1 unspecified atom stereocenters. The summed E-state index contributed by atoms with van der Waals surface area (Å²) >= 11 is 0. The molecule has 3 aromatic rings. The molecule has 9 nitrogen and oxygen atoms in total. The van der Waals surface area contributed by atoms with E-state index in [0.29, 0.717) is 0 Å². The lowest BCUT2D eigenvalue weighted by atomic mass is 9.92. The van der Waals surface area contributed by atoms with Crippen LogP contribution >= 0.6 is 0 Å². The summed E-state index contributed by atoms with van der Waals surface area (Å²) in [5.74, 6) is -5.42. The van der Waals surface area contributed by atoms with E-state index in [0.717, 1.165) is 36.4 Å². The Labute approximate surface area is 230 Å². The summed E-state index contributed by atoms with van der Waals surface area (Å²) in [6.45, 7) is 0.0525. The van der Waals surface area contributed by atoms with Gasteiger partial charge in [0, 0.05) is 49.0 Å². The number of nitrogens with zero attached hydrogens (tertiary/aromatic N) is 2. The van der Waals surface area contributed by atoms with Gasteiger partial charge in [-0.2, -0.15) is 0 Å². The van der Waals surface area contributed by atoms with E-state index in [2.05, 4.69) is 15.0 Å². The van der Waals surface area contributed by atoms with Crippen LogP contribution in [0.5, 0.6) is 17.4 Å². The highest BCUT2D eigenvalue weighted by atomic mass is 19.4. The van der Waals surface area contributed by atoms with Crippen LogP contribution < -0.4 is 24.4 Å². The average Bonchev–Trinajstić information content (AvgIpc) is 3.23. The predicted octanol–water partition coefficient (Wildman–Crippen LogP) is 4.22. The van der Waals surface area contributed by atoms with Gasteiger partial charge in [-0.15, -0.1) is 13.2 Å². The highest BCUT2D eigenvalue weighted by Gasteiger charge is 2.46. The molecule has 0 saturated carbocycles. The molecule has 2 atom stereocenters. The van der Waals surface area contributed by atoms with Crippen LogP contribution in [0.15, 0.2) is 54.7 Å². The maximum absolute atomic E-state index is 15.2. The summed E-state index contributed by atoms with van der Waals surface area (Å²) in [5, 5.41) is 2.48. The molecule has 0 spiro atoms. The first kappa shape index (κ1) is 29.5. The average molecular weight is 581 g/mol. The molecule has 2 aromatic carbocycles. The SMILES string of the molecule is COCCOc1ncccc1N1C[C@@H](c2c(F)cc(OC)cc2F)C(NC(=O)c2ccc(OC(F)(F)F)cc2)C1=O. The van der Waals surface area contributed by atoms with Crippen LogP contribution in [0.1, 0.15) is 21.8 Å². The largest absolute Gasteiger partial charge is 0.573 e. The number of nitrogens with one attached hydrogen (secondary N) is 1. The van der Waals surface area contributed by atoms with E-state index in [1.165, 1.54) is 37.4 Å². The molecule has 14 heteroatoms. The molecule has 2 heterocycles. The van der Waals surface area contributed by atoms with E-state index in [4.69, 9.17) is 14.2 Å².